The third kappa shape index (κ3) is 12.7. The second-order valence-electron chi connectivity index (χ2n) is 7.12. The van der Waals surface area contributed by atoms with Gasteiger partial charge in [0.05, 0.1) is 45.0 Å². The van der Waals surface area contributed by atoms with Gasteiger partial charge in [-0.15, -0.1) is 0 Å². The van der Waals surface area contributed by atoms with Crippen LogP contribution in [-0.4, -0.2) is 64.2 Å². The fourth-order valence-corrected chi connectivity index (χ4v) is 2.81. The molecular weight excluding hydrogens is 690 g/mol. The van der Waals surface area contributed by atoms with Gasteiger partial charge in [0, 0.05) is 24.8 Å². The number of hydrogen-bond acceptors (Lipinski definition) is 12. The molecule has 0 unspecified atom stereocenters. The second kappa shape index (κ2) is 19.6. The van der Waals surface area contributed by atoms with Gasteiger partial charge in [0.15, 0.2) is 0 Å². The quantitative estimate of drug-likeness (QED) is 0.128. The van der Waals surface area contributed by atoms with Gasteiger partial charge in [-0.2, -0.15) is 0 Å². The Morgan fingerprint density at radius 2 is 0.674 bits per heavy atom. The predicted molar refractivity (Wildman–Crippen MR) is 149 cm³/mol. The van der Waals surface area contributed by atoms with Crippen LogP contribution in [0.25, 0.3) is 22.8 Å². The Labute approximate surface area is 266 Å². The molecule has 0 saturated heterocycles. The Morgan fingerprint density at radius 3 is 0.814 bits per heavy atom. The zero-order valence-corrected chi connectivity index (χ0v) is 24.6. The molecule has 4 rings (SSSR count). The molecule has 0 aliphatic heterocycles. The molecule has 17 heteroatoms. The smallest absolute Gasteiger partial charge is 0.696 e. The van der Waals surface area contributed by atoms with Crippen molar-refractivity contribution in [1.82, 2.24) is 19.9 Å². The summed E-state index contributed by atoms with van der Waals surface area (Å²) in [6.07, 6.45) is 5.36. The molecule has 4 aromatic heterocycles. The average Bonchev–Trinajstić information content (AvgIpc) is 2.98. The van der Waals surface area contributed by atoms with Gasteiger partial charge in [0.1, 0.15) is 0 Å². The summed E-state index contributed by atoms with van der Waals surface area (Å²) in [6.45, 7) is 0. The molecule has 218 valence electrons. The average molecular weight is 706 g/mol. The normalized spacial score (nSPS) is 8.70. The van der Waals surface area contributed by atoms with Crippen LogP contribution in [0, 0.1) is 21.3 Å². The molecule has 4 aromatic rings. The number of nitriles is 2. The predicted octanol–water partition coefficient (Wildman–Crippen LogP) is 3.11. The molecule has 4 heterocycles. The standard InChI is InChI=1S/2C12H8N2O4.2CHNS.Ru/c2*15-11(16)7-1-3-13-9(5-7)10-6-8(12(17)18)2-4-14-10;2*2-1-3;/h2*1-6H,(H,15,16)(H,17,18);2*3H;/q;;;;+2/p-2. The molecule has 0 saturated carbocycles. The summed E-state index contributed by atoms with van der Waals surface area (Å²) in [6, 6.07) is 10.8. The van der Waals surface area contributed by atoms with Gasteiger partial charge in [0.2, 0.25) is 0 Å². The van der Waals surface area contributed by atoms with Crippen molar-refractivity contribution in [2.75, 3.05) is 0 Å². The summed E-state index contributed by atoms with van der Waals surface area (Å²) >= 11 is 7.40. The molecule has 0 aliphatic rings. The Bertz CT molecular complexity index is 1440. The van der Waals surface area contributed by atoms with Gasteiger partial charge in [-0.25, -0.2) is 29.7 Å². The molecule has 0 aromatic carbocycles. The zero-order chi connectivity index (χ0) is 31.7. The molecule has 0 radical (unpaired) electrons. The number of carboxylic acids is 4. The van der Waals surface area contributed by atoms with E-state index in [2.05, 4.69) is 45.2 Å². The van der Waals surface area contributed by atoms with Gasteiger partial charge < -0.3 is 45.7 Å². The number of carbonyl (C=O) groups is 4. The van der Waals surface area contributed by atoms with E-state index in [-0.39, 0.29) is 41.7 Å². The third-order valence-corrected chi connectivity index (χ3v) is 4.55. The minimum absolute atomic E-state index is 0. The summed E-state index contributed by atoms with van der Waals surface area (Å²) in [5.74, 6) is -4.30. The first-order valence-electron chi connectivity index (χ1n) is 10.8. The molecule has 4 N–H and O–H groups in total. The summed E-state index contributed by atoms with van der Waals surface area (Å²) in [7, 11) is 0. The monoisotopic (exact) mass is 706 g/mol. The molecule has 0 bridgehead atoms. The molecule has 0 aliphatic carbocycles. The topological polar surface area (TPSA) is 248 Å². The van der Waals surface area contributed by atoms with E-state index in [0.717, 1.165) is 0 Å². The van der Waals surface area contributed by atoms with Crippen molar-refractivity contribution >= 4 is 49.1 Å². The summed E-state index contributed by atoms with van der Waals surface area (Å²) in [5, 5.41) is 52.4. The van der Waals surface area contributed by atoms with Crippen LogP contribution in [0.4, 0.5) is 0 Å². The van der Waals surface area contributed by atoms with Crippen LogP contribution >= 0.6 is 0 Å². The number of aromatic nitrogens is 4. The first-order valence-corrected chi connectivity index (χ1v) is 11.6. The molecule has 43 heavy (non-hydrogen) atoms. The summed E-state index contributed by atoms with van der Waals surface area (Å²) in [4.78, 5) is 59.2. The van der Waals surface area contributed by atoms with Crippen LogP contribution in [0.3, 0.4) is 0 Å². The van der Waals surface area contributed by atoms with Gasteiger partial charge in [-0.05, 0) is 48.5 Å². The maximum Gasteiger partial charge on any atom is 2.00 e. The van der Waals surface area contributed by atoms with Crippen LogP contribution in [-0.2, 0) is 44.7 Å². The van der Waals surface area contributed by atoms with E-state index in [1.807, 2.05) is 0 Å². The fraction of sp³-hybridized carbons (Fsp3) is 0. The van der Waals surface area contributed by atoms with Crippen LogP contribution in [0.1, 0.15) is 41.4 Å². The van der Waals surface area contributed by atoms with Crippen molar-refractivity contribution in [3.63, 3.8) is 0 Å². The van der Waals surface area contributed by atoms with Crippen molar-refractivity contribution in [2.45, 2.75) is 0 Å². The van der Waals surface area contributed by atoms with Gasteiger partial charge in [-0.1, -0.05) is 10.8 Å². The van der Waals surface area contributed by atoms with E-state index in [1.165, 1.54) is 84.1 Å². The fourth-order valence-electron chi connectivity index (χ4n) is 2.81. The van der Waals surface area contributed by atoms with E-state index >= 15 is 0 Å². The molecule has 14 nitrogen and oxygen atoms in total. The minimum Gasteiger partial charge on any atom is -0.696 e. The van der Waals surface area contributed by atoms with Crippen molar-refractivity contribution in [1.29, 1.82) is 10.5 Å². The van der Waals surface area contributed by atoms with E-state index in [1.54, 1.807) is 0 Å². The largest absolute Gasteiger partial charge is 2.00 e. The molecule has 0 fully saturated rings. The molecule has 0 spiro atoms. The Kier molecular flexibility index (Phi) is 17.1. The molecular formula is C26H16N6O8RuS2. The van der Waals surface area contributed by atoms with Crippen LogP contribution in [0.5, 0.6) is 0 Å². The van der Waals surface area contributed by atoms with Crippen LogP contribution < -0.4 is 0 Å². The van der Waals surface area contributed by atoms with Crippen LogP contribution in [0.2, 0.25) is 0 Å². The van der Waals surface area contributed by atoms with E-state index < -0.39 is 23.9 Å². The van der Waals surface area contributed by atoms with E-state index in [0.29, 0.717) is 22.8 Å². The first kappa shape index (κ1) is 37.5. The first-order chi connectivity index (χ1) is 20.0. The second-order valence-corrected chi connectivity index (χ2v) is 7.49. The van der Waals surface area contributed by atoms with Crippen LogP contribution in [0.15, 0.2) is 73.3 Å². The third-order valence-electron chi connectivity index (χ3n) is 4.55. The number of nitrogens with zero attached hydrogens (tertiary/aromatic N) is 6. The maximum absolute atomic E-state index is 10.8. The number of hydrogen-bond donors (Lipinski definition) is 4. The van der Waals surface area contributed by atoms with E-state index in [4.69, 9.17) is 30.9 Å². The SMILES string of the molecule is N#C[S-].N#C[S-].O=C(O)c1ccnc(-c2cc(C(=O)O)ccn2)c1.O=C(O)c1ccnc(-c2cc(C(=O)O)ccn2)c1.[Ru+2]. The Balaban J connectivity index is 0.000000680. The van der Waals surface area contributed by atoms with Crippen molar-refractivity contribution < 1.29 is 59.1 Å². The molecule has 0 atom stereocenters. The minimum atomic E-state index is -1.08. The number of pyridine rings is 4. The number of thiocyanates is 2. The van der Waals surface area contributed by atoms with Gasteiger partial charge >= 0.3 is 43.4 Å². The molecule has 0 amide bonds. The summed E-state index contributed by atoms with van der Waals surface area (Å²) in [5.41, 5.74) is 1.56. The van der Waals surface area contributed by atoms with Crippen molar-refractivity contribution in [3.05, 3.63) is 95.6 Å². The van der Waals surface area contributed by atoms with Gasteiger partial charge in [0.25, 0.3) is 0 Å². The zero-order valence-electron chi connectivity index (χ0n) is 21.2. The number of aromatic carboxylic acids is 4. The number of rotatable bonds is 6. The Hall–Kier alpha value is -5.48. The number of carboxylic acid groups (broad SMARTS) is 4. The van der Waals surface area contributed by atoms with Crippen molar-refractivity contribution in [3.8, 4) is 33.6 Å². The maximum atomic E-state index is 10.8. The van der Waals surface area contributed by atoms with Crippen molar-refractivity contribution in [2.24, 2.45) is 0 Å². The van der Waals surface area contributed by atoms with E-state index in [9.17, 15) is 19.2 Å². The van der Waals surface area contributed by atoms with Gasteiger partial charge in [-0.3, -0.25) is 19.9 Å². The Morgan fingerprint density at radius 1 is 0.512 bits per heavy atom. The summed E-state index contributed by atoms with van der Waals surface area (Å²) < 4.78 is 0.